The summed E-state index contributed by atoms with van der Waals surface area (Å²) in [5.41, 5.74) is 4.29. The van der Waals surface area contributed by atoms with Crippen molar-refractivity contribution >= 4 is 21.6 Å². The number of nitrogens with one attached hydrogen (secondary N) is 1. The Morgan fingerprint density at radius 2 is 1.97 bits per heavy atom. The van der Waals surface area contributed by atoms with Crippen molar-refractivity contribution in [1.29, 1.82) is 0 Å². The number of hydrogen-bond acceptors (Lipinski definition) is 5. The molecule has 1 saturated heterocycles. The summed E-state index contributed by atoms with van der Waals surface area (Å²) in [6.07, 6.45) is 3.97. The van der Waals surface area contributed by atoms with Gasteiger partial charge in [0.15, 0.2) is 0 Å². The van der Waals surface area contributed by atoms with E-state index >= 15 is 0 Å². The van der Waals surface area contributed by atoms with E-state index in [1.807, 2.05) is 12.1 Å². The van der Waals surface area contributed by atoms with Gasteiger partial charge in [0.2, 0.25) is 0 Å². The molecule has 1 fully saturated rings. The molecule has 1 aliphatic rings. The third kappa shape index (κ3) is 3.96. The fourth-order valence-corrected chi connectivity index (χ4v) is 4.91. The van der Waals surface area contributed by atoms with Crippen LogP contribution in [0.1, 0.15) is 29.5 Å². The van der Waals surface area contributed by atoms with Crippen LogP contribution in [0.4, 0.5) is 0 Å². The van der Waals surface area contributed by atoms with Crippen LogP contribution < -0.4 is 0 Å². The molecule has 0 radical (unpaired) electrons. The lowest BCUT2D eigenvalue weighted by Crippen LogP contribution is -2.35. The van der Waals surface area contributed by atoms with Crippen molar-refractivity contribution in [3.8, 4) is 11.3 Å². The van der Waals surface area contributed by atoms with Gasteiger partial charge in [-0.2, -0.15) is 5.10 Å². The summed E-state index contributed by atoms with van der Waals surface area (Å²) in [7, 11) is 2.18. The van der Waals surface area contributed by atoms with Crippen LogP contribution in [0.2, 0.25) is 0 Å². The van der Waals surface area contributed by atoms with Crippen molar-refractivity contribution < 1.29 is 4.74 Å². The van der Waals surface area contributed by atoms with Gasteiger partial charge in [-0.15, -0.1) is 11.3 Å². The Bertz CT molecular complexity index is 1050. The number of thiazole rings is 1. The number of para-hydroxylation sites is 1. The highest BCUT2D eigenvalue weighted by molar-refractivity contribution is 7.18. The number of rotatable bonds is 5. The molecular formula is C23H24N4OS. The first kappa shape index (κ1) is 18.5. The van der Waals surface area contributed by atoms with Crippen LogP contribution in [0.5, 0.6) is 0 Å². The lowest BCUT2D eigenvalue weighted by atomic mass is 10.0. The Labute approximate surface area is 174 Å². The minimum absolute atomic E-state index is 0.163. The average molecular weight is 405 g/mol. The molecule has 3 heterocycles. The van der Waals surface area contributed by atoms with E-state index in [0.29, 0.717) is 0 Å². The molecule has 1 aliphatic heterocycles. The SMILES string of the molecule is CN1CCC(OC(c2cccc(-c3ccn[nH]3)c2)c2nc3ccccc3s2)CC1. The number of likely N-dealkylation sites (tertiary alicyclic amines) is 1. The minimum Gasteiger partial charge on any atom is -0.363 e. The first-order valence-electron chi connectivity index (χ1n) is 10.1. The zero-order chi connectivity index (χ0) is 19.6. The normalized spacial score (nSPS) is 17.0. The molecule has 0 saturated carbocycles. The number of H-pyrrole nitrogens is 1. The number of aromatic nitrogens is 3. The molecule has 1 N–H and O–H groups in total. The molecule has 4 aromatic rings. The van der Waals surface area contributed by atoms with E-state index < -0.39 is 0 Å². The second-order valence-electron chi connectivity index (χ2n) is 7.63. The number of fused-ring (bicyclic) bond motifs is 1. The molecule has 1 unspecified atom stereocenters. The van der Waals surface area contributed by atoms with E-state index in [4.69, 9.17) is 9.72 Å². The molecule has 2 aromatic carbocycles. The van der Waals surface area contributed by atoms with Crippen LogP contribution in [0.25, 0.3) is 21.5 Å². The summed E-state index contributed by atoms with van der Waals surface area (Å²) in [5, 5.41) is 8.17. The number of nitrogens with zero attached hydrogens (tertiary/aromatic N) is 3. The Morgan fingerprint density at radius 1 is 1.10 bits per heavy atom. The molecule has 5 rings (SSSR count). The maximum atomic E-state index is 6.71. The third-order valence-corrected chi connectivity index (χ3v) is 6.61. The molecule has 6 heteroatoms. The van der Waals surface area contributed by atoms with Crippen LogP contribution >= 0.6 is 11.3 Å². The highest BCUT2D eigenvalue weighted by Crippen LogP contribution is 2.36. The summed E-state index contributed by atoms with van der Waals surface area (Å²) < 4.78 is 7.91. The van der Waals surface area contributed by atoms with Gasteiger partial charge in [0.25, 0.3) is 0 Å². The zero-order valence-corrected chi connectivity index (χ0v) is 17.2. The Kier molecular flexibility index (Phi) is 5.14. The van der Waals surface area contributed by atoms with E-state index in [2.05, 4.69) is 64.6 Å². The second-order valence-corrected chi connectivity index (χ2v) is 8.70. The van der Waals surface area contributed by atoms with Crippen LogP contribution in [0.3, 0.4) is 0 Å². The molecule has 29 heavy (non-hydrogen) atoms. The largest absolute Gasteiger partial charge is 0.363 e. The average Bonchev–Trinajstić information content (AvgIpc) is 3.43. The van der Waals surface area contributed by atoms with Gasteiger partial charge >= 0.3 is 0 Å². The van der Waals surface area contributed by atoms with Crippen molar-refractivity contribution in [3.05, 3.63) is 71.4 Å². The molecular weight excluding hydrogens is 380 g/mol. The summed E-state index contributed by atoms with van der Waals surface area (Å²) in [5.74, 6) is 0. The van der Waals surface area contributed by atoms with E-state index in [1.54, 1.807) is 17.5 Å². The predicted octanol–water partition coefficient (Wildman–Crippen LogP) is 4.89. The number of benzene rings is 2. The topological polar surface area (TPSA) is 54.0 Å². The van der Waals surface area contributed by atoms with Crippen molar-refractivity contribution in [2.75, 3.05) is 20.1 Å². The number of aromatic amines is 1. The first-order chi connectivity index (χ1) is 14.3. The summed E-state index contributed by atoms with van der Waals surface area (Å²) >= 11 is 1.73. The number of hydrogen-bond donors (Lipinski definition) is 1. The summed E-state index contributed by atoms with van der Waals surface area (Å²) in [6, 6.07) is 18.8. The Morgan fingerprint density at radius 3 is 2.76 bits per heavy atom. The van der Waals surface area contributed by atoms with Gasteiger partial charge in [-0.3, -0.25) is 5.10 Å². The van der Waals surface area contributed by atoms with Gasteiger partial charge in [-0.05, 0) is 55.3 Å². The van der Waals surface area contributed by atoms with E-state index in [-0.39, 0.29) is 12.2 Å². The maximum absolute atomic E-state index is 6.71. The van der Waals surface area contributed by atoms with Crippen LogP contribution in [-0.4, -0.2) is 46.3 Å². The predicted molar refractivity (Wildman–Crippen MR) is 117 cm³/mol. The Balaban J connectivity index is 1.52. The molecule has 148 valence electrons. The van der Waals surface area contributed by atoms with Crippen LogP contribution in [0.15, 0.2) is 60.8 Å². The van der Waals surface area contributed by atoms with Gasteiger partial charge in [0.05, 0.1) is 22.0 Å². The maximum Gasteiger partial charge on any atom is 0.134 e. The van der Waals surface area contributed by atoms with Gasteiger partial charge in [-0.1, -0.05) is 30.3 Å². The number of piperidine rings is 1. The fraction of sp³-hybridized carbons (Fsp3) is 0.304. The molecule has 0 aliphatic carbocycles. The van der Waals surface area contributed by atoms with Crippen molar-refractivity contribution in [2.24, 2.45) is 0 Å². The molecule has 0 spiro atoms. The van der Waals surface area contributed by atoms with Crippen molar-refractivity contribution in [1.82, 2.24) is 20.1 Å². The van der Waals surface area contributed by atoms with Gasteiger partial charge in [0.1, 0.15) is 11.1 Å². The lowest BCUT2D eigenvalue weighted by Gasteiger charge is -2.31. The Hall–Kier alpha value is -2.54. The van der Waals surface area contributed by atoms with E-state index in [9.17, 15) is 0 Å². The fourth-order valence-electron chi connectivity index (χ4n) is 3.88. The molecule has 0 bridgehead atoms. The summed E-state index contributed by atoms with van der Waals surface area (Å²) in [6.45, 7) is 2.15. The minimum atomic E-state index is -0.163. The highest BCUT2D eigenvalue weighted by Gasteiger charge is 2.26. The molecule has 0 amide bonds. The van der Waals surface area contributed by atoms with Gasteiger partial charge in [0, 0.05) is 19.3 Å². The lowest BCUT2D eigenvalue weighted by molar-refractivity contribution is -0.0234. The van der Waals surface area contributed by atoms with E-state index in [0.717, 1.165) is 53.3 Å². The quantitative estimate of drug-likeness (QED) is 0.515. The van der Waals surface area contributed by atoms with Gasteiger partial charge < -0.3 is 9.64 Å². The third-order valence-electron chi connectivity index (χ3n) is 5.53. The van der Waals surface area contributed by atoms with Gasteiger partial charge in [-0.25, -0.2) is 4.98 Å². The smallest absolute Gasteiger partial charge is 0.134 e. The highest BCUT2D eigenvalue weighted by atomic mass is 32.1. The van der Waals surface area contributed by atoms with Crippen molar-refractivity contribution in [2.45, 2.75) is 25.0 Å². The first-order valence-corrected chi connectivity index (χ1v) is 10.9. The van der Waals surface area contributed by atoms with Crippen LogP contribution in [0, 0.1) is 0 Å². The molecule has 5 nitrogen and oxygen atoms in total. The second kappa shape index (κ2) is 8.06. The van der Waals surface area contributed by atoms with Crippen LogP contribution in [-0.2, 0) is 4.74 Å². The van der Waals surface area contributed by atoms with E-state index in [1.165, 1.54) is 4.70 Å². The molecule has 2 aromatic heterocycles. The monoisotopic (exact) mass is 404 g/mol. The summed E-state index contributed by atoms with van der Waals surface area (Å²) in [4.78, 5) is 7.29. The molecule has 1 atom stereocenters. The van der Waals surface area contributed by atoms with Crippen molar-refractivity contribution in [3.63, 3.8) is 0 Å². The zero-order valence-electron chi connectivity index (χ0n) is 16.4. The number of ether oxygens (including phenoxy) is 1. The standard InChI is InChI=1S/C23H24N4OS/c1-27-13-10-18(11-14-27)28-22(23-25-20-7-2-3-8-21(20)29-23)17-6-4-5-16(15-17)19-9-12-24-26-19/h2-9,12,15,18,22H,10-11,13-14H2,1H3,(H,24,26).